The van der Waals surface area contributed by atoms with Gasteiger partial charge in [0.1, 0.15) is 7.28 Å². The molecular formula is C5H12BNO2. The molecule has 0 spiro atoms. The minimum absolute atomic E-state index is 0.366. The van der Waals surface area contributed by atoms with Crippen molar-refractivity contribution in [1.29, 1.82) is 0 Å². The fourth-order valence-corrected chi connectivity index (χ4v) is 0.680. The molecule has 1 unspecified atom stereocenters. The molecule has 0 heterocycles. The van der Waals surface area contributed by atoms with Crippen molar-refractivity contribution >= 4 is 13.2 Å². The molecule has 0 fully saturated rings. The Bertz CT molecular complexity index is 97.0. The first kappa shape index (κ1) is 8.49. The van der Waals surface area contributed by atoms with Gasteiger partial charge in [-0.15, -0.1) is 0 Å². The molecule has 0 rings (SSSR count). The lowest BCUT2D eigenvalue weighted by Gasteiger charge is -2.07. The molecule has 52 valence electrons. The maximum atomic E-state index is 10.3. The number of carboxylic acid groups (broad SMARTS) is 1. The molecular weight excluding hydrogens is 117 g/mol. The van der Waals surface area contributed by atoms with Gasteiger partial charge in [-0.2, -0.15) is 0 Å². The van der Waals surface area contributed by atoms with Crippen molar-refractivity contribution in [1.82, 2.24) is 5.32 Å². The van der Waals surface area contributed by atoms with E-state index in [0.29, 0.717) is 6.32 Å². The minimum atomic E-state index is -0.764. The second kappa shape index (κ2) is 4.38. The highest BCUT2D eigenvalue weighted by molar-refractivity contribution is 6.34. The highest BCUT2D eigenvalue weighted by Crippen LogP contribution is 1.89. The monoisotopic (exact) mass is 129 g/mol. The van der Waals surface area contributed by atoms with E-state index in [-0.39, 0.29) is 6.04 Å². The fourth-order valence-electron chi connectivity index (χ4n) is 0.680. The van der Waals surface area contributed by atoms with Gasteiger partial charge in [-0.05, 0) is 7.05 Å². The molecule has 9 heavy (non-hydrogen) atoms. The quantitative estimate of drug-likeness (QED) is 0.506. The van der Waals surface area contributed by atoms with Crippen LogP contribution < -0.4 is 5.32 Å². The number of aliphatic carboxylic acids is 1. The summed E-state index contributed by atoms with van der Waals surface area (Å²) in [4.78, 5) is 10.3. The summed E-state index contributed by atoms with van der Waals surface area (Å²) < 4.78 is 0. The van der Waals surface area contributed by atoms with Crippen LogP contribution >= 0.6 is 0 Å². The fraction of sp³-hybridized carbons (Fsp3) is 0.800. The third-order valence-electron chi connectivity index (χ3n) is 1.22. The molecule has 1 atom stereocenters. The zero-order valence-corrected chi connectivity index (χ0v) is 5.85. The normalized spacial score (nSPS) is 12.7. The van der Waals surface area contributed by atoms with Gasteiger partial charge in [0.15, 0.2) is 0 Å². The van der Waals surface area contributed by atoms with Crippen LogP contribution in [0.5, 0.6) is 0 Å². The molecule has 0 saturated carbocycles. The SMILES string of the molecule is CBCC(NC)C(=O)O. The van der Waals surface area contributed by atoms with E-state index < -0.39 is 5.97 Å². The summed E-state index contributed by atoms with van der Waals surface area (Å²) in [5.41, 5.74) is 0. The summed E-state index contributed by atoms with van der Waals surface area (Å²) in [5, 5.41) is 11.1. The van der Waals surface area contributed by atoms with Crippen molar-refractivity contribution in [3.05, 3.63) is 0 Å². The summed E-state index contributed by atoms with van der Waals surface area (Å²) in [5.74, 6) is -0.764. The van der Waals surface area contributed by atoms with Crippen LogP contribution in [0.3, 0.4) is 0 Å². The topological polar surface area (TPSA) is 49.3 Å². The Balaban J connectivity index is 3.54. The molecule has 3 nitrogen and oxygen atoms in total. The Hall–Kier alpha value is -0.505. The molecule has 0 aliphatic rings. The maximum Gasteiger partial charge on any atom is 0.319 e. The standard InChI is InChI=1S/C5H12BNO2/c1-6-3-4(7-2)5(8)9/h4,6-7H,3H2,1-2H3,(H,8,9). The summed E-state index contributed by atoms with van der Waals surface area (Å²) in [6, 6.07) is -0.366. The molecule has 0 amide bonds. The summed E-state index contributed by atoms with van der Waals surface area (Å²) in [7, 11) is 2.56. The number of carboxylic acids is 1. The molecule has 0 bridgehead atoms. The maximum absolute atomic E-state index is 10.3. The van der Waals surface area contributed by atoms with E-state index in [9.17, 15) is 4.79 Å². The van der Waals surface area contributed by atoms with Crippen molar-refractivity contribution in [3.8, 4) is 0 Å². The second-order valence-electron chi connectivity index (χ2n) is 1.97. The molecule has 0 aliphatic heterocycles. The Morgan fingerprint density at radius 1 is 1.89 bits per heavy atom. The van der Waals surface area contributed by atoms with Gasteiger partial charge in [0.2, 0.25) is 0 Å². The van der Waals surface area contributed by atoms with E-state index in [0.717, 1.165) is 7.28 Å². The number of hydrogen-bond donors (Lipinski definition) is 2. The lowest BCUT2D eigenvalue weighted by atomic mass is 9.75. The van der Waals surface area contributed by atoms with Crippen LogP contribution in [0.4, 0.5) is 0 Å². The number of rotatable bonds is 4. The highest BCUT2D eigenvalue weighted by Gasteiger charge is 2.11. The van der Waals surface area contributed by atoms with Crippen LogP contribution in [-0.2, 0) is 4.79 Å². The number of nitrogens with one attached hydrogen (secondary N) is 1. The molecule has 0 aromatic rings. The molecule has 0 radical (unpaired) electrons. The molecule has 0 aromatic carbocycles. The van der Waals surface area contributed by atoms with Crippen LogP contribution in [0.25, 0.3) is 0 Å². The zero-order valence-electron chi connectivity index (χ0n) is 5.85. The smallest absolute Gasteiger partial charge is 0.319 e. The minimum Gasteiger partial charge on any atom is -0.480 e. The molecule has 0 aliphatic carbocycles. The van der Waals surface area contributed by atoms with Crippen LogP contribution in [0.2, 0.25) is 13.1 Å². The number of likely N-dealkylation sites (N-methyl/N-ethyl adjacent to an activating group) is 1. The lowest BCUT2D eigenvalue weighted by molar-refractivity contribution is -0.138. The molecule has 0 saturated heterocycles. The highest BCUT2D eigenvalue weighted by atomic mass is 16.4. The van der Waals surface area contributed by atoms with Crippen molar-refractivity contribution in [2.24, 2.45) is 0 Å². The van der Waals surface area contributed by atoms with Crippen molar-refractivity contribution in [2.45, 2.75) is 19.2 Å². The van der Waals surface area contributed by atoms with Crippen LogP contribution in [0.1, 0.15) is 0 Å². The Morgan fingerprint density at radius 2 is 2.44 bits per heavy atom. The van der Waals surface area contributed by atoms with Crippen molar-refractivity contribution in [3.63, 3.8) is 0 Å². The van der Waals surface area contributed by atoms with Crippen LogP contribution in [0.15, 0.2) is 0 Å². The van der Waals surface area contributed by atoms with E-state index >= 15 is 0 Å². The largest absolute Gasteiger partial charge is 0.480 e. The predicted octanol–water partition coefficient (Wildman–Crippen LogP) is -0.438. The van der Waals surface area contributed by atoms with Crippen LogP contribution in [0, 0.1) is 0 Å². The first-order chi connectivity index (χ1) is 4.22. The molecule has 2 N–H and O–H groups in total. The molecule has 0 aromatic heterocycles. The van der Waals surface area contributed by atoms with E-state index in [1.54, 1.807) is 7.05 Å². The van der Waals surface area contributed by atoms with E-state index in [4.69, 9.17) is 5.11 Å². The van der Waals surface area contributed by atoms with Crippen molar-refractivity contribution < 1.29 is 9.90 Å². The van der Waals surface area contributed by atoms with Gasteiger partial charge in [-0.3, -0.25) is 4.79 Å². The average Bonchev–Trinajstić information content (AvgIpc) is 1.82. The van der Waals surface area contributed by atoms with Gasteiger partial charge in [-0.25, -0.2) is 0 Å². The van der Waals surface area contributed by atoms with Crippen LogP contribution in [-0.4, -0.2) is 31.4 Å². The van der Waals surface area contributed by atoms with Gasteiger partial charge >= 0.3 is 5.97 Å². The van der Waals surface area contributed by atoms with E-state index in [2.05, 4.69) is 5.32 Å². The zero-order chi connectivity index (χ0) is 7.28. The number of hydrogen-bond acceptors (Lipinski definition) is 2. The summed E-state index contributed by atoms with van der Waals surface area (Å²) >= 11 is 0. The third kappa shape index (κ3) is 3.14. The van der Waals surface area contributed by atoms with E-state index in [1.807, 2.05) is 6.82 Å². The van der Waals surface area contributed by atoms with Gasteiger partial charge in [-0.1, -0.05) is 13.1 Å². The van der Waals surface area contributed by atoms with Crippen molar-refractivity contribution in [2.75, 3.05) is 7.05 Å². The Kier molecular flexibility index (Phi) is 4.14. The predicted molar refractivity (Wildman–Crippen MR) is 38.3 cm³/mol. The second-order valence-corrected chi connectivity index (χ2v) is 1.97. The van der Waals surface area contributed by atoms with Gasteiger partial charge in [0.25, 0.3) is 0 Å². The van der Waals surface area contributed by atoms with E-state index in [1.165, 1.54) is 0 Å². The van der Waals surface area contributed by atoms with Gasteiger partial charge in [0.05, 0.1) is 6.04 Å². The first-order valence-electron chi connectivity index (χ1n) is 3.12. The average molecular weight is 129 g/mol. The molecule has 4 heteroatoms. The Labute approximate surface area is 55.7 Å². The lowest BCUT2D eigenvalue weighted by Crippen LogP contribution is -2.34. The Morgan fingerprint density at radius 3 is 2.56 bits per heavy atom. The summed E-state index contributed by atoms with van der Waals surface area (Å²) in [6.45, 7) is 1.97. The van der Waals surface area contributed by atoms with Gasteiger partial charge < -0.3 is 10.4 Å². The third-order valence-corrected chi connectivity index (χ3v) is 1.22. The first-order valence-corrected chi connectivity index (χ1v) is 3.12. The van der Waals surface area contributed by atoms with Gasteiger partial charge in [0, 0.05) is 0 Å². The summed E-state index contributed by atoms with van der Waals surface area (Å²) in [6.07, 6.45) is 0.700. The number of carbonyl (C=O) groups is 1.